The number of nitrogens with one attached hydrogen (secondary N) is 1. The first kappa shape index (κ1) is 16.3. The van der Waals surface area contributed by atoms with Gasteiger partial charge in [0.05, 0.1) is 24.4 Å². The van der Waals surface area contributed by atoms with Crippen LogP contribution in [0.3, 0.4) is 0 Å². The van der Waals surface area contributed by atoms with Crippen molar-refractivity contribution in [1.29, 1.82) is 0 Å². The van der Waals surface area contributed by atoms with Crippen molar-refractivity contribution in [1.82, 2.24) is 4.98 Å². The molecule has 0 fully saturated rings. The first-order valence-electron chi connectivity index (χ1n) is 7.44. The van der Waals surface area contributed by atoms with Crippen molar-refractivity contribution in [2.24, 2.45) is 0 Å². The summed E-state index contributed by atoms with van der Waals surface area (Å²) in [5.41, 5.74) is 3.50. The summed E-state index contributed by atoms with van der Waals surface area (Å²) in [4.78, 5) is 17.3. The number of fused-ring (bicyclic) bond motifs is 1. The maximum Gasteiger partial charge on any atom is 0.265 e. The van der Waals surface area contributed by atoms with Crippen LogP contribution >= 0.6 is 11.3 Å². The number of hydrogen-bond acceptors (Lipinski definition) is 5. The van der Waals surface area contributed by atoms with Gasteiger partial charge in [-0.1, -0.05) is 29.5 Å². The second kappa shape index (κ2) is 6.49. The highest BCUT2D eigenvalue weighted by atomic mass is 32.1. The highest BCUT2D eigenvalue weighted by Crippen LogP contribution is 2.33. The van der Waals surface area contributed by atoms with Gasteiger partial charge in [0.2, 0.25) is 0 Å². The van der Waals surface area contributed by atoms with Crippen LogP contribution in [0.15, 0.2) is 30.3 Å². The Bertz CT molecular complexity index is 857. The molecule has 0 aliphatic heterocycles. The number of nitrogens with zero attached hydrogens (tertiary/aromatic N) is 1. The molecule has 1 heterocycles. The number of thiazole rings is 1. The summed E-state index contributed by atoms with van der Waals surface area (Å²) in [7, 11) is 3.05. The summed E-state index contributed by atoms with van der Waals surface area (Å²) in [5, 5.41) is 3.42. The Hall–Kier alpha value is -2.60. The van der Waals surface area contributed by atoms with Gasteiger partial charge in [0.1, 0.15) is 17.1 Å². The molecule has 0 spiro atoms. The molecule has 0 aliphatic rings. The number of ether oxygens (including phenoxy) is 2. The van der Waals surface area contributed by atoms with Crippen molar-refractivity contribution in [2.45, 2.75) is 13.8 Å². The van der Waals surface area contributed by atoms with Gasteiger partial charge in [-0.2, -0.15) is 0 Å². The molecular weight excluding hydrogens is 324 g/mol. The minimum atomic E-state index is -0.307. The van der Waals surface area contributed by atoms with Crippen LogP contribution in [-0.4, -0.2) is 25.1 Å². The number of hydrogen-bond donors (Lipinski definition) is 1. The molecule has 0 saturated carbocycles. The van der Waals surface area contributed by atoms with E-state index >= 15 is 0 Å². The van der Waals surface area contributed by atoms with Gasteiger partial charge in [-0.05, 0) is 37.1 Å². The fourth-order valence-electron chi connectivity index (χ4n) is 2.55. The maximum atomic E-state index is 12.7. The molecule has 1 aromatic heterocycles. The first-order chi connectivity index (χ1) is 11.5. The van der Waals surface area contributed by atoms with E-state index in [-0.39, 0.29) is 5.91 Å². The maximum absolute atomic E-state index is 12.7. The Morgan fingerprint density at radius 2 is 1.67 bits per heavy atom. The summed E-state index contributed by atoms with van der Waals surface area (Å²) in [6.07, 6.45) is 0. The smallest absolute Gasteiger partial charge is 0.265 e. The number of aromatic nitrogens is 1. The summed E-state index contributed by atoms with van der Waals surface area (Å²) in [6, 6.07) is 9.32. The lowest BCUT2D eigenvalue weighted by Gasteiger charge is -2.11. The van der Waals surface area contributed by atoms with Crippen LogP contribution in [0.5, 0.6) is 11.5 Å². The Morgan fingerprint density at radius 1 is 1.04 bits per heavy atom. The number of anilines is 1. The Morgan fingerprint density at radius 3 is 2.25 bits per heavy atom. The number of carbonyl (C=O) groups excluding carboxylic acids is 1. The number of rotatable bonds is 4. The molecule has 24 heavy (non-hydrogen) atoms. The third kappa shape index (κ3) is 2.80. The van der Waals surface area contributed by atoms with Crippen molar-refractivity contribution >= 4 is 32.6 Å². The summed E-state index contributed by atoms with van der Waals surface area (Å²) in [6.45, 7) is 4.05. The second-order valence-corrected chi connectivity index (χ2v) is 6.39. The molecule has 0 bridgehead atoms. The van der Waals surface area contributed by atoms with Gasteiger partial charge in [-0.25, -0.2) is 4.98 Å². The molecule has 5 nitrogen and oxygen atoms in total. The van der Waals surface area contributed by atoms with E-state index in [1.807, 2.05) is 19.9 Å². The van der Waals surface area contributed by atoms with Gasteiger partial charge in [0.25, 0.3) is 5.91 Å². The predicted molar refractivity (Wildman–Crippen MR) is 96.6 cm³/mol. The molecule has 6 heteroatoms. The summed E-state index contributed by atoms with van der Waals surface area (Å²) >= 11 is 1.46. The van der Waals surface area contributed by atoms with Gasteiger partial charge in [0, 0.05) is 0 Å². The van der Waals surface area contributed by atoms with Crippen molar-refractivity contribution in [3.05, 3.63) is 47.0 Å². The van der Waals surface area contributed by atoms with E-state index in [1.165, 1.54) is 25.6 Å². The van der Waals surface area contributed by atoms with Crippen LogP contribution in [0.25, 0.3) is 10.2 Å². The molecule has 0 radical (unpaired) electrons. The molecule has 124 valence electrons. The Kier molecular flexibility index (Phi) is 4.40. The molecule has 3 rings (SSSR count). The van der Waals surface area contributed by atoms with Crippen LogP contribution in [0.2, 0.25) is 0 Å². The lowest BCUT2D eigenvalue weighted by Crippen LogP contribution is -2.14. The second-order valence-electron chi connectivity index (χ2n) is 5.39. The average molecular weight is 342 g/mol. The number of aryl methyl sites for hydroxylation is 2. The SMILES string of the molecule is COc1cccc(OC)c1C(=O)Nc1nc2c(C)ccc(C)c2s1. The highest BCUT2D eigenvalue weighted by molar-refractivity contribution is 7.22. The topological polar surface area (TPSA) is 60.5 Å². The third-order valence-electron chi connectivity index (χ3n) is 3.82. The summed E-state index contributed by atoms with van der Waals surface area (Å²) < 4.78 is 11.7. The highest BCUT2D eigenvalue weighted by Gasteiger charge is 2.20. The van der Waals surface area contributed by atoms with E-state index < -0.39 is 0 Å². The monoisotopic (exact) mass is 342 g/mol. The van der Waals surface area contributed by atoms with Crippen LogP contribution in [0.4, 0.5) is 5.13 Å². The van der Waals surface area contributed by atoms with Gasteiger partial charge < -0.3 is 9.47 Å². The van der Waals surface area contributed by atoms with Crippen LogP contribution < -0.4 is 14.8 Å². The molecule has 0 atom stereocenters. The zero-order valence-corrected chi connectivity index (χ0v) is 14.8. The van der Waals surface area contributed by atoms with Crippen molar-refractivity contribution in [3.8, 4) is 11.5 Å². The quantitative estimate of drug-likeness (QED) is 0.772. The number of benzene rings is 2. The van der Waals surface area contributed by atoms with Crippen LogP contribution in [0.1, 0.15) is 21.5 Å². The molecule has 0 aliphatic carbocycles. The lowest BCUT2D eigenvalue weighted by atomic mass is 10.1. The zero-order chi connectivity index (χ0) is 17.3. The minimum Gasteiger partial charge on any atom is -0.496 e. The van der Waals surface area contributed by atoms with Gasteiger partial charge in [0.15, 0.2) is 5.13 Å². The minimum absolute atomic E-state index is 0.307. The third-order valence-corrected chi connectivity index (χ3v) is 4.92. The molecular formula is C18H18N2O3S. The largest absolute Gasteiger partial charge is 0.496 e. The lowest BCUT2D eigenvalue weighted by molar-refractivity contribution is 0.102. The molecule has 1 N–H and O–H groups in total. The predicted octanol–water partition coefficient (Wildman–Crippen LogP) is 4.18. The van der Waals surface area contributed by atoms with E-state index in [9.17, 15) is 4.79 Å². The summed E-state index contributed by atoms with van der Waals surface area (Å²) in [5.74, 6) is 0.610. The first-order valence-corrected chi connectivity index (χ1v) is 8.26. The van der Waals surface area contributed by atoms with Crippen molar-refractivity contribution in [2.75, 3.05) is 19.5 Å². The van der Waals surface area contributed by atoms with E-state index in [0.29, 0.717) is 22.2 Å². The molecule has 0 unspecified atom stereocenters. The van der Waals surface area contributed by atoms with Crippen molar-refractivity contribution in [3.63, 3.8) is 0 Å². The molecule has 1 amide bonds. The standard InChI is InChI=1S/C18H18N2O3S/c1-10-8-9-11(2)16-15(10)19-18(24-16)20-17(21)14-12(22-3)6-5-7-13(14)23-4/h5-9H,1-4H3,(H,19,20,21). The fourth-order valence-corrected chi connectivity index (χ4v) is 3.55. The van der Waals surface area contributed by atoms with E-state index in [4.69, 9.17) is 9.47 Å². The average Bonchev–Trinajstić information content (AvgIpc) is 3.02. The molecule has 0 saturated heterocycles. The van der Waals surface area contributed by atoms with E-state index in [1.54, 1.807) is 18.2 Å². The van der Waals surface area contributed by atoms with Gasteiger partial charge >= 0.3 is 0 Å². The van der Waals surface area contributed by atoms with Crippen LogP contribution in [-0.2, 0) is 0 Å². The zero-order valence-electron chi connectivity index (χ0n) is 14.0. The Balaban J connectivity index is 1.99. The number of carbonyl (C=O) groups is 1. The van der Waals surface area contributed by atoms with Crippen molar-refractivity contribution < 1.29 is 14.3 Å². The van der Waals surface area contributed by atoms with Crippen LogP contribution in [0, 0.1) is 13.8 Å². The van der Waals surface area contributed by atoms with Gasteiger partial charge in [-0.15, -0.1) is 0 Å². The normalized spacial score (nSPS) is 10.7. The van der Waals surface area contributed by atoms with E-state index in [2.05, 4.69) is 16.4 Å². The fraction of sp³-hybridized carbons (Fsp3) is 0.222. The van der Waals surface area contributed by atoms with E-state index in [0.717, 1.165) is 21.3 Å². The Labute approximate surface area is 144 Å². The van der Waals surface area contributed by atoms with Gasteiger partial charge in [-0.3, -0.25) is 10.1 Å². The number of amides is 1. The molecule has 3 aromatic rings. The molecule has 2 aromatic carbocycles. The number of methoxy groups -OCH3 is 2.